The lowest BCUT2D eigenvalue weighted by atomic mass is 10.2. The van der Waals surface area contributed by atoms with Crippen LogP contribution in [0.2, 0.25) is 0 Å². The van der Waals surface area contributed by atoms with Crippen LogP contribution in [-0.4, -0.2) is 33.3 Å². The Morgan fingerprint density at radius 1 is 1.43 bits per heavy atom. The van der Waals surface area contributed by atoms with E-state index < -0.39 is 6.10 Å². The highest BCUT2D eigenvalue weighted by molar-refractivity contribution is 5.73. The standard InChI is InChI=1S/C16H21FN4O2/c1-2-3-13(22)10-20-16(23)19-9-12-4-5-15(14(17)8-12)21-7-6-18-11-21/h4-8,11,13,22H,2-3,9-10H2,1H3,(H2,19,20,23). The van der Waals surface area contributed by atoms with Crippen LogP contribution in [0.15, 0.2) is 36.9 Å². The monoisotopic (exact) mass is 320 g/mol. The molecule has 7 heteroatoms. The van der Waals surface area contributed by atoms with Gasteiger partial charge in [0.1, 0.15) is 5.82 Å². The fourth-order valence-electron chi connectivity index (χ4n) is 2.16. The lowest BCUT2D eigenvalue weighted by Gasteiger charge is -2.12. The summed E-state index contributed by atoms with van der Waals surface area (Å²) in [4.78, 5) is 15.5. The van der Waals surface area contributed by atoms with Crippen molar-refractivity contribution in [1.29, 1.82) is 0 Å². The van der Waals surface area contributed by atoms with Crippen molar-refractivity contribution in [3.8, 4) is 5.69 Å². The van der Waals surface area contributed by atoms with Gasteiger partial charge in [0.15, 0.2) is 0 Å². The topological polar surface area (TPSA) is 79.2 Å². The third kappa shape index (κ3) is 5.07. The van der Waals surface area contributed by atoms with Gasteiger partial charge in [0.2, 0.25) is 0 Å². The van der Waals surface area contributed by atoms with E-state index in [-0.39, 0.29) is 24.9 Å². The molecule has 2 amide bonds. The zero-order valence-corrected chi connectivity index (χ0v) is 13.0. The maximum absolute atomic E-state index is 14.1. The van der Waals surface area contributed by atoms with Crippen molar-refractivity contribution in [3.05, 3.63) is 48.3 Å². The molecule has 23 heavy (non-hydrogen) atoms. The molecule has 1 aromatic carbocycles. The van der Waals surface area contributed by atoms with E-state index in [9.17, 15) is 14.3 Å². The first kappa shape index (κ1) is 17.0. The minimum absolute atomic E-state index is 0.202. The summed E-state index contributed by atoms with van der Waals surface area (Å²) in [5, 5.41) is 14.8. The van der Waals surface area contributed by atoms with Crippen LogP contribution in [0, 0.1) is 5.82 Å². The number of aromatic nitrogens is 2. The number of hydrogen-bond acceptors (Lipinski definition) is 3. The zero-order chi connectivity index (χ0) is 16.7. The molecule has 1 unspecified atom stereocenters. The van der Waals surface area contributed by atoms with Crippen LogP contribution in [0.5, 0.6) is 0 Å². The van der Waals surface area contributed by atoms with Crippen LogP contribution in [0.25, 0.3) is 5.69 Å². The molecule has 0 aliphatic rings. The van der Waals surface area contributed by atoms with Gasteiger partial charge in [0.05, 0.1) is 18.1 Å². The molecule has 0 spiro atoms. The molecule has 0 aliphatic heterocycles. The number of urea groups is 1. The SMILES string of the molecule is CCCC(O)CNC(=O)NCc1ccc(-n2ccnc2)c(F)c1. The molecule has 0 aliphatic carbocycles. The molecular weight excluding hydrogens is 299 g/mol. The van der Waals surface area contributed by atoms with Gasteiger partial charge in [-0.1, -0.05) is 19.4 Å². The van der Waals surface area contributed by atoms with Crippen molar-refractivity contribution < 1.29 is 14.3 Å². The van der Waals surface area contributed by atoms with Gasteiger partial charge in [0.25, 0.3) is 0 Å². The number of benzene rings is 1. The predicted molar refractivity (Wildman–Crippen MR) is 84.7 cm³/mol. The minimum Gasteiger partial charge on any atom is -0.391 e. The molecule has 2 aromatic rings. The minimum atomic E-state index is -0.544. The number of nitrogens with one attached hydrogen (secondary N) is 2. The second kappa shape index (κ2) is 8.28. The van der Waals surface area contributed by atoms with Gasteiger partial charge in [-0.2, -0.15) is 0 Å². The maximum Gasteiger partial charge on any atom is 0.315 e. The van der Waals surface area contributed by atoms with Crippen LogP contribution in [0.4, 0.5) is 9.18 Å². The van der Waals surface area contributed by atoms with Crippen LogP contribution < -0.4 is 10.6 Å². The molecule has 2 rings (SSSR count). The van der Waals surface area contributed by atoms with Gasteiger partial charge >= 0.3 is 6.03 Å². The molecular formula is C16H21FN4O2. The normalized spacial score (nSPS) is 12.0. The first-order chi connectivity index (χ1) is 11.1. The van der Waals surface area contributed by atoms with E-state index >= 15 is 0 Å². The molecule has 124 valence electrons. The van der Waals surface area contributed by atoms with Gasteiger partial charge in [-0.15, -0.1) is 0 Å². The maximum atomic E-state index is 14.1. The number of rotatable bonds is 7. The van der Waals surface area contributed by atoms with Crippen molar-refractivity contribution in [3.63, 3.8) is 0 Å². The number of nitrogens with zero attached hydrogens (tertiary/aromatic N) is 2. The van der Waals surface area contributed by atoms with Crippen molar-refractivity contribution in [2.45, 2.75) is 32.4 Å². The highest BCUT2D eigenvalue weighted by Gasteiger charge is 2.08. The van der Waals surface area contributed by atoms with Crippen LogP contribution in [0.3, 0.4) is 0 Å². The summed E-state index contributed by atoms with van der Waals surface area (Å²) in [6.45, 7) is 2.37. The first-order valence-electron chi connectivity index (χ1n) is 7.56. The second-order valence-electron chi connectivity index (χ2n) is 5.26. The van der Waals surface area contributed by atoms with Gasteiger partial charge < -0.3 is 20.3 Å². The Balaban J connectivity index is 1.84. The molecule has 1 aromatic heterocycles. The lowest BCUT2D eigenvalue weighted by molar-refractivity contribution is 0.160. The van der Waals surface area contributed by atoms with E-state index in [1.54, 1.807) is 29.1 Å². The van der Waals surface area contributed by atoms with E-state index in [1.807, 2.05) is 6.92 Å². The summed E-state index contributed by atoms with van der Waals surface area (Å²) >= 11 is 0. The first-order valence-corrected chi connectivity index (χ1v) is 7.56. The largest absolute Gasteiger partial charge is 0.391 e. The summed E-state index contributed by atoms with van der Waals surface area (Å²) in [7, 11) is 0. The summed E-state index contributed by atoms with van der Waals surface area (Å²) < 4.78 is 15.6. The zero-order valence-electron chi connectivity index (χ0n) is 13.0. The van der Waals surface area contributed by atoms with Gasteiger partial charge in [0, 0.05) is 25.5 Å². The van der Waals surface area contributed by atoms with Crippen LogP contribution >= 0.6 is 0 Å². The molecule has 0 radical (unpaired) electrons. The van der Waals surface area contributed by atoms with Gasteiger partial charge in [-0.25, -0.2) is 14.2 Å². The summed E-state index contributed by atoms with van der Waals surface area (Å²) in [6.07, 6.45) is 5.70. The third-order valence-electron chi connectivity index (χ3n) is 3.37. The van der Waals surface area contributed by atoms with Gasteiger partial charge in [-0.3, -0.25) is 0 Å². The van der Waals surface area contributed by atoms with E-state index in [2.05, 4.69) is 15.6 Å². The van der Waals surface area contributed by atoms with Crippen molar-refractivity contribution in [2.75, 3.05) is 6.54 Å². The predicted octanol–water partition coefficient (Wildman–Crippen LogP) is 1.97. The number of aliphatic hydroxyl groups is 1. The molecule has 3 N–H and O–H groups in total. The second-order valence-corrected chi connectivity index (χ2v) is 5.26. The summed E-state index contributed by atoms with van der Waals surface area (Å²) in [5.74, 6) is -0.388. The van der Waals surface area contributed by atoms with Crippen molar-refractivity contribution >= 4 is 6.03 Å². The smallest absolute Gasteiger partial charge is 0.315 e. The van der Waals surface area contributed by atoms with E-state index in [0.29, 0.717) is 17.7 Å². The van der Waals surface area contributed by atoms with E-state index in [0.717, 1.165) is 6.42 Å². The quantitative estimate of drug-likeness (QED) is 0.730. The Bertz CT molecular complexity index is 631. The molecule has 1 atom stereocenters. The Labute approximate surface area is 134 Å². The number of amides is 2. The Kier molecular flexibility index (Phi) is 6.10. The number of carbonyl (C=O) groups is 1. The Morgan fingerprint density at radius 2 is 2.26 bits per heavy atom. The highest BCUT2D eigenvalue weighted by atomic mass is 19.1. The summed E-state index contributed by atoms with van der Waals surface area (Å²) in [6, 6.07) is 4.36. The Hall–Kier alpha value is -2.41. The number of imidazole rings is 1. The highest BCUT2D eigenvalue weighted by Crippen LogP contribution is 2.14. The molecule has 0 fully saturated rings. The molecule has 1 heterocycles. The average molecular weight is 320 g/mol. The molecule has 0 saturated heterocycles. The number of carbonyl (C=O) groups excluding carboxylic acids is 1. The Morgan fingerprint density at radius 3 is 2.91 bits per heavy atom. The number of halogens is 1. The molecule has 6 nitrogen and oxygen atoms in total. The van der Waals surface area contributed by atoms with Crippen molar-refractivity contribution in [1.82, 2.24) is 20.2 Å². The van der Waals surface area contributed by atoms with E-state index in [1.165, 1.54) is 12.4 Å². The van der Waals surface area contributed by atoms with Gasteiger partial charge in [-0.05, 0) is 24.1 Å². The van der Waals surface area contributed by atoms with Crippen LogP contribution in [0.1, 0.15) is 25.3 Å². The van der Waals surface area contributed by atoms with Crippen LogP contribution in [-0.2, 0) is 6.54 Å². The molecule has 0 saturated carbocycles. The molecule has 0 bridgehead atoms. The fraction of sp³-hybridized carbons (Fsp3) is 0.375. The number of aliphatic hydroxyl groups excluding tert-OH is 1. The summed E-state index contributed by atoms with van der Waals surface area (Å²) in [5.41, 5.74) is 1.05. The van der Waals surface area contributed by atoms with Crippen molar-refractivity contribution in [2.24, 2.45) is 0 Å². The average Bonchev–Trinajstić information content (AvgIpc) is 3.05. The third-order valence-corrected chi connectivity index (χ3v) is 3.37. The lowest BCUT2D eigenvalue weighted by Crippen LogP contribution is -2.39. The fourth-order valence-corrected chi connectivity index (χ4v) is 2.16. The van der Waals surface area contributed by atoms with E-state index in [4.69, 9.17) is 0 Å². The number of hydrogen-bond donors (Lipinski definition) is 3.